The van der Waals surface area contributed by atoms with Crippen molar-refractivity contribution in [1.82, 2.24) is 25.0 Å². The number of anilines is 1. The Kier molecular flexibility index (Phi) is 5.42. The normalized spacial score (nSPS) is 19.7. The number of likely N-dealkylation sites (tertiary alicyclic amines) is 1. The van der Waals surface area contributed by atoms with E-state index in [1.54, 1.807) is 6.20 Å². The van der Waals surface area contributed by atoms with Crippen LogP contribution in [0.4, 0.5) is 15.0 Å². The summed E-state index contributed by atoms with van der Waals surface area (Å²) in [5.41, 5.74) is 0.970. The van der Waals surface area contributed by atoms with Gasteiger partial charge in [-0.15, -0.1) is 10.2 Å². The zero-order valence-corrected chi connectivity index (χ0v) is 17.4. The predicted molar refractivity (Wildman–Crippen MR) is 113 cm³/mol. The molecule has 0 aliphatic carbocycles. The topological polar surface area (TPSA) is 74.2 Å². The van der Waals surface area contributed by atoms with Crippen molar-refractivity contribution in [2.75, 3.05) is 32.5 Å². The smallest absolute Gasteiger partial charge is 0.321 e. The van der Waals surface area contributed by atoms with Crippen molar-refractivity contribution in [2.45, 2.75) is 25.6 Å². The molecule has 7 nitrogen and oxygen atoms in total. The minimum Gasteiger partial charge on any atom is -0.321 e. The molecule has 1 N–H and O–H groups in total. The van der Waals surface area contributed by atoms with Crippen molar-refractivity contribution in [3.05, 3.63) is 35.5 Å². The fourth-order valence-corrected chi connectivity index (χ4v) is 4.29. The summed E-state index contributed by atoms with van der Waals surface area (Å²) >= 11 is 1.53. The van der Waals surface area contributed by atoms with Gasteiger partial charge in [0, 0.05) is 29.7 Å². The molecule has 1 aliphatic heterocycles. The van der Waals surface area contributed by atoms with Gasteiger partial charge in [0.05, 0.1) is 6.54 Å². The average molecular weight is 415 g/mol. The van der Waals surface area contributed by atoms with Crippen LogP contribution in [0.5, 0.6) is 0 Å². The predicted octanol–water partition coefficient (Wildman–Crippen LogP) is 3.57. The fourth-order valence-electron chi connectivity index (χ4n) is 3.60. The molecule has 2 aromatic heterocycles. The number of nitrogens with zero attached hydrogens (tertiary/aromatic N) is 5. The van der Waals surface area contributed by atoms with Gasteiger partial charge in [-0.25, -0.2) is 14.2 Å². The lowest BCUT2D eigenvalue weighted by atomic mass is 10.0. The standard InChI is InChI=1S/C20H23FN6OS/c1-12-24-25-19(29-12)13-4-5-14-10-22-18(9-15(14)8-13)23-20(28)27-7-6-17(26(2)3)16(21)11-27/h4-5,8-10,16-17H,6-7,11H2,1-3H3,(H,22,23,28)/t16-,17-/m0/s1. The molecule has 0 bridgehead atoms. The molecule has 0 saturated carbocycles. The number of rotatable bonds is 3. The van der Waals surface area contributed by atoms with E-state index in [4.69, 9.17) is 0 Å². The summed E-state index contributed by atoms with van der Waals surface area (Å²) in [7, 11) is 3.73. The number of hydrogen-bond donors (Lipinski definition) is 1. The number of carbonyl (C=O) groups excluding carboxylic acids is 1. The third kappa shape index (κ3) is 4.20. The minimum atomic E-state index is -1.06. The maximum atomic E-state index is 14.4. The van der Waals surface area contributed by atoms with Crippen molar-refractivity contribution < 1.29 is 9.18 Å². The highest BCUT2D eigenvalue weighted by atomic mass is 32.1. The second-order valence-corrected chi connectivity index (χ2v) is 8.65. The van der Waals surface area contributed by atoms with Gasteiger partial charge in [-0.05, 0) is 45.0 Å². The Morgan fingerprint density at radius 3 is 2.79 bits per heavy atom. The number of benzene rings is 1. The average Bonchev–Trinajstić information content (AvgIpc) is 3.13. The number of amides is 2. The number of aryl methyl sites for hydroxylation is 1. The van der Waals surface area contributed by atoms with Gasteiger partial charge in [0.25, 0.3) is 0 Å². The molecule has 4 rings (SSSR count). The van der Waals surface area contributed by atoms with Crippen LogP contribution in [0.2, 0.25) is 0 Å². The van der Waals surface area contributed by atoms with E-state index < -0.39 is 6.17 Å². The maximum Gasteiger partial charge on any atom is 0.323 e. The molecule has 3 heterocycles. The largest absolute Gasteiger partial charge is 0.323 e. The Labute approximate surface area is 172 Å². The molecule has 0 spiro atoms. The summed E-state index contributed by atoms with van der Waals surface area (Å²) in [5.74, 6) is 0.443. The van der Waals surface area contributed by atoms with Gasteiger partial charge >= 0.3 is 6.03 Å². The summed E-state index contributed by atoms with van der Waals surface area (Å²) in [6, 6.07) is 7.31. The van der Waals surface area contributed by atoms with E-state index in [2.05, 4.69) is 20.5 Å². The van der Waals surface area contributed by atoms with Gasteiger partial charge in [-0.3, -0.25) is 5.32 Å². The molecule has 2 atom stereocenters. The Balaban J connectivity index is 1.50. The molecule has 152 valence electrons. The maximum absolute atomic E-state index is 14.4. The van der Waals surface area contributed by atoms with Crippen LogP contribution in [-0.2, 0) is 0 Å². The molecule has 1 aromatic carbocycles. The van der Waals surface area contributed by atoms with Crippen LogP contribution in [0.1, 0.15) is 11.4 Å². The Morgan fingerprint density at radius 1 is 1.28 bits per heavy atom. The number of alkyl halides is 1. The Hall–Kier alpha value is -2.65. The molecular weight excluding hydrogens is 391 g/mol. The number of carbonyl (C=O) groups is 1. The van der Waals surface area contributed by atoms with Crippen molar-refractivity contribution in [3.63, 3.8) is 0 Å². The van der Waals surface area contributed by atoms with E-state index in [-0.39, 0.29) is 18.6 Å². The molecule has 9 heteroatoms. The highest BCUT2D eigenvalue weighted by Gasteiger charge is 2.32. The SMILES string of the molecule is Cc1nnc(-c2ccc3cnc(NC(=O)N4CC[C@H](N(C)C)[C@@H](F)C4)cc3c2)s1. The van der Waals surface area contributed by atoms with Crippen molar-refractivity contribution >= 4 is 34.0 Å². The first-order valence-electron chi connectivity index (χ1n) is 9.47. The van der Waals surface area contributed by atoms with E-state index in [9.17, 15) is 9.18 Å². The third-order valence-corrected chi connectivity index (χ3v) is 6.08. The third-order valence-electron chi connectivity index (χ3n) is 5.19. The summed E-state index contributed by atoms with van der Waals surface area (Å²) in [5, 5.41) is 14.7. The van der Waals surface area contributed by atoms with Gasteiger partial charge in [0.1, 0.15) is 22.0 Å². The van der Waals surface area contributed by atoms with Gasteiger partial charge in [-0.2, -0.15) is 0 Å². The number of hydrogen-bond acceptors (Lipinski definition) is 6. The summed E-state index contributed by atoms with van der Waals surface area (Å²) in [4.78, 5) is 20.3. The van der Waals surface area contributed by atoms with Crippen LogP contribution in [0.15, 0.2) is 30.5 Å². The zero-order valence-electron chi connectivity index (χ0n) is 16.6. The van der Waals surface area contributed by atoms with E-state index >= 15 is 0 Å². The van der Waals surface area contributed by atoms with Crippen molar-refractivity contribution in [1.29, 1.82) is 0 Å². The number of piperidine rings is 1. The van der Waals surface area contributed by atoms with Crippen LogP contribution in [0.3, 0.4) is 0 Å². The second-order valence-electron chi connectivity index (χ2n) is 7.47. The number of nitrogens with one attached hydrogen (secondary N) is 1. The summed E-state index contributed by atoms with van der Waals surface area (Å²) < 4.78 is 14.4. The van der Waals surface area contributed by atoms with Crippen molar-refractivity contribution in [3.8, 4) is 10.6 Å². The molecule has 29 heavy (non-hydrogen) atoms. The number of urea groups is 1. The Bertz CT molecular complexity index is 1040. The molecular formula is C20H23FN6OS. The number of aromatic nitrogens is 3. The molecule has 0 radical (unpaired) electrons. The molecule has 0 unspecified atom stereocenters. The number of halogens is 1. The first-order chi connectivity index (χ1) is 13.9. The highest BCUT2D eigenvalue weighted by Crippen LogP contribution is 2.27. The number of fused-ring (bicyclic) bond motifs is 1. The molecule has 1 saturated heterocycles. The summed E-state index contributed by atoms with van der Waals surface area (Å²) in [6.07, 6.45) is 1.26. The van der Waals surface area contributed by atoms with Gasteiger partial charge < -0.3 is 9.80 Å². The molecule has 3 aromatic rings. The lowest BCUT2D eigenvalue weighted by molar-refractivity contribution is 0.0755. The van der Waals surface area contributed by atoms with Crippen LogP contribution >= 0.6 is 11.3 Å². The van der Waals surface area contributed by atoms with E-state index in [0.717, 1.165) is 26.4 Å². The fraction of sp³-hybridized carbons (Fsp3) is 0.400. The highest BCUT2D eigenvalue weighted by molar-refractivity contribution is 7.14. The van der Waals surface area contributed by atoms with Crippen LogP contribution in [0.25, 0.3) is 21.3 Å². The second kappa shape index (κ2) is 8.00. The minimum absolute atomic E-state index is 0.0861. The summed E-state index contributed by atoms with van der Waals surface area (Å²) in [6.45, 7) is 2.52. The first kappa shape index (κ1) is 19.7. The van der Waals surface area contributed by atoms with E-state index in [1.165, 1.54) is 16.2 Å². The zero-order chi connectivity index (χ0) is 20.5. The first-order valence-corrected chi connectivity index (χ1v) is 10.3. The van der Waals surface area contributed by atoms with Crippen molar-refractivity contribution in [2.24, 2.45) is 0 Å². The van der Waals surface area contributed by atoms with Crippen LogP contribution < -0.4 is 5.32 Å². The Morgan fingerprint density at radius 2 is 2.10 bits per heavy atom. The van der Waals surface area contributed by atoms with Crippen LogP contribution in [-0.4, -0.2) is 70.4 Å². The number of pyridine rings is 1. The molecule has 1 fully saturated rings. The van der Waals surface area contributed by atoms with E-state index in [1.807, 2.05) is 50.2 Å². The van der Waals surface area contributed by atoms with Crippen LogP contribution in [0, 0.1) is 6.92 Å². The molecule has 1 aliphatic rings. The van der Waals surface area contributed by atoms with Gasteiger partial charge in [0.2, 0.25) is 0 Å². The monoisotopic (exact) mass is 414 g/mol. The molecule has 2 amide bonds. The quantitative estimate of drug-likeness (QED) is 0.709. The lowest BCUT2D eigenvalue weighted by Gasteiger charge is -2.37. The van der Waals surface area contributed by atoms with E-state index in [0.29, 0.717) is 18.8 Å². The lowest BCUT2D eigenvalue weighted by Crippen LogP contribution is -2.52. The van der Waals surface area contributed by atoms with Gasteiger partial charge in [-0.1, -0.05) is 23.5 Å². The van der Waals surface area contributed by atoms with Gasteiger partial charge in [0.15, 0.2) is 0 Å².